The lowest BCUT2D eigenvalue weighted by atomic mass is 9.65. The molecule has 10 nitrogen and oxygen atoms in total. The molecule has 5 N–H and O–H groups in total. The van der Waals surface area contributed by atoms with Gasteiger partial charge in [-0.2, -0.15) is 0 Å². The molecule has 0 aromatic heterocycles. The minimum atomic E-state index is -0.768. The highest BCUT2D eigenvalue weighted by atomic mass is 33.1. The Kier molecular flexibility index (Phi) is 12.8. The van der Waals surface area contributed by atoms with Crippen molar-refractivity contribution in [2.24, 2.45) is 51.1 Å². The number of ether oxygens (including phenoxy) is 2. The van der Waals surface area contributed by atoms with E-state index in [2.05, 4.69) is 63.3 Å². The van der Waals surface area contributed by atoms with Gasteiger partial charge in [-0.05, 0) is 193 Å². The van der Waals surface area contributed by atoms with Gasteiger partial charge in [0.05, 0.1) is 6.10 Å². The number of fused-ring (bicyclic) bond motifs is 3. The molecule has 2 aromatic carbocycles. The molecule has 1 saturated heterocycles. The highest BCUT2D eigenvalue weighted by Crippen LogP contribution is 2.65. The summed E-state index contributed by atoms with van der Waals surface area (Å²) in [4.78, 5) is 35.0. The third-order valence-electron chi connectivity index (χ3n) is 21.4. The van der Waals surface area contributed by atoms with Gasteiger partial charge in [0.15, 0.2) is 17.5 Å². The van der Waals surface area contributed by atoms with Gasteiger partial charge in [-0.1, -0.05) is 64.8 Å². The SMILES string of the molecule is CC(=O)OC12CCc3cc(c(O)c4c3C3CCC5(CCCC5C3)O4)CN3CC4(CC3=O)C(CCC4c3ccccc3)CN=C(N)NC3(CCCC34CCCC4)SSCC3CCC(CC3)C(CC1)C(O)C2. The molecule has 2 aromatic rings. The quantitative estimate of drug-likeness (QED) is 0.169. The molecule has 10 unspecified atom stereocenters. The standard InChI is InChI=1S/C58H80N4O6S2/c1-37(63)67-55-26-18-41-29-43(51(66)52-50(41)42-19-28-57(68-52)24-7-11-44(57)30-42)34-62-36-56(32-49(62)65)45(16-17-47(56)40-9-3-2-4-10-40)33-60-53(59)61-58(25-8-23-54(58)21-5-6-22-54)70-69-35-38-12-14-39(15-13-38)46(20-27-55)48(64)31-55/h2-4,9-10,29,38-39,42,44-48,64,66H,5-8,11-28,30-36H2,1H3,(H3,59,60,61). The van der Waals surface area contributed by atoms with Crippen LogP contribution in [0.15, 0.2) is 41.4 Å². The van der Waals surface area contributed by atoms with Gasteiger partial charge in [0, 0.05) is 67.1 Å². The van der Waals surface area contributed by atoms with Gasteiger partial charge in [-0.15, -0.1) is 0 Å². The number of nitrogens with two attached hydrogens (primary N) is 1. The van der Waals surface area contributed by atoms with Gasteiger partial charge < -0.3 is 35.6 Å². The van der Waals surface area contributed by atoms with Crippen molar-refractivity contribution in [2.45, 2.75) is 208 Å². The van der Waals surface area contributed by atoms with E-state index < -0.39 is 11.7 Å². The molecule has 13 aliphatic rings. The van der Waals surface area contributed by atoms with Crippen molar-refractivity contribution in [1.29, 1.82) is 0 Å². The average Bonchev–Trinajstić information content (AvgIpc) is 4.17. The summed E-state index contributed by atoms with van der Waals surface area (Å²) >= 11 is 0. The number of guanidine groups is 1. The van der Waals surface area contributed by atoms with Gasteiger partial charge in [0.25, 0.3) is 0 Å². The van der Waals surface area contributed by atoms with Crippen LogP contribution in [0, 0.1) is 40.4 Å². The number of esters is 1. The van der Waals surface area contributed by atoms with Crippen LogP contribution in [0.1, 0.15) is 195 Å². The zero-order valence-electron chi connectivity index (χ0n) is 41.9. The zero-order valence-corrected chi connectivity index (χ0v) is 43.5. The number of aryl methyl sites for hydroxylation is 1. The number of carbonyl (C=O) groups is 2. The molecule has 7 saturated carbocycles. The summed E-state index contributed by atoms with van der Waals surface area (Å²) in [5.74, 6) is 4.82. The van der Waals surface area contributed by atoms with Crippen molar-refractivity contribution < 1.29 is 29.3 Å². The van der Waals surface area contributed by atoms with Crippen molar-refractivity contribution in [3.05, 3.63) is 58.7 Å². The third kappa shape index (κ3) is 8.28. The first-order valence-electron chi connectivity index (χ1n) is 28.1. The average molecular weight is 993 g/mol. The van der Waals surface area contributed by atoms with Crippen molar-refractivity contribution in [3.8, 4) is 11.5 Å². The van der Waals surface area contributed by atoms with Crippen LogP contribution in [0.5, 0.6) is 11.5 Å². The van der Waals surface area contributed by atoms with Gasteiger partial charge in [-0.25, -0.2) is 0 Å². The molecular weight excluding hydrogens is 913 g/mol. The second-order valence-electron chi connectivity index (χ2n) is 24.8. The molecule has 12 heteroatoms. The van der Waals surface area contributed by atoms with E-state index in [0.29, 0.717) is 74.8 Å². The Balaban J connectivity index is 0.920. The van der Waals surface area contributed by atoms with Crippen LogP contribution in [0.4, 0.5) is 0 Å². The molecule has 6 heterocycles. The van der Waals surface area contributed by atoms with Crippen molar-refractivity contribution >= 4 is 39.4 Å². The van der Waals surface area contributed by atoms with E-state index in [4.69, 9.17) is 20.2 Å². The lowest BCUT2D eigenvalue weighted by molar-refractivity contribution is -0.170. The molecule has 15 rings (SSSR count). The van der Waals surface area contributed by atoms with Gasteiger partial charge in [-0.3, -0.25) is 14.6 Å². The van der Waals surface area contributed by atoms with Crippen LogP contribution in [0.25, 0.3) is 0 Å². The van der Waals surface area contributed by atoms with E-state index in [-0.39, 0.29) is 62.6 Å². The maximum absolute atomic E-state index is 14.8. The third-order valence-corrected chi connectivity index (χ3v) is 24.7. The van der Waals surface area contributed by atoms with Crippen molar-refractivity contribution in [1.82, 2.24) is 10.2 Å². The fourth-order valence-electron chi connectivity index (χ4n) is 17.9. The number of hydrogen-bond acceptors (Lipinski definition) is 11. The maximum Gasteiger partial charge on any atom is 0.303 e. The summed E-state index contributed by atoms with van der Waals surface area (Å²) in [6.07, 6.45) is 24.9. The molecule has 10 bridgehead atoms. The lowest BCUT2D eigenvalue weighted by Crippen LogP contribution is -2.55. The van der Waals surface area contributed by atoms with E-state index in [1.54, 1.807) is 0 Å². The molecule has 380 valence electrons. The van der Waals surface area contributed by atoms with Crippen LogP contribution >= 0.6 is 21.6 Å². The number of nitrogens with one attached hydrogen (secondary N) is 1. The van der Waals surface area contributed by atoms with Crippen molar-refractivity contribution in [2.75, 3.05) is 18.8 Å². The number of phenols is 1. The number of carbonyl (C=O) groups excluding carboxylic acids is 2. The number of rotatable bonds is 2. The topological polar surface area (TPSA) is 147 Å². The number of nitrogens with zero attached hydrogens (tertiary/aromatic N) is 2. The molecule has 7 aliphatic carbocycles. The Labute approximate surface area is 425 Å². The number of phenolic OH excluding ortho intramolecular Hbond substituents is 1. The van der Waals surface area contributed by atoms with Crippen LogP contribution in [0.3, 0.4) is 0 Å². The number of aliphatic imine (C=N–C) groups is 1. The van der Waals surface area contributed by atoms with Gasteiger partial charge in [0.1, 0.15) is 16.1 Å². The second kappa shape index (κ2) is 18.7. The number of aromatic hydroxyl groups is 1. The minimum Gasteiger partial charge on any atom is -0.504 e. The van der Waals surface area contributed by atoms with Crippen LogP contribution < -0.4 is 15.8 Å². The Morgan fingerprint density at radius 3 is 2.51 bits per heavy atom. The smallest absolute Gasteiger partial charge is 0.303 e. The van der Waals surface area contributed by atoms with E-state index in [9.17, 15) is 19.8 Å². The first-order valence-corrected chi connectivity index (χ1v) is 30.4. The number of aliphatic hydroxyl groups is 1. The number of aliphatic hydroxyl groups excluding tert-OH is 1. The predicted octanol–water partition coefficient (Wildman–Crippen LogP) is 11.4. The molecule has 10 atom stereocenters. The summed E-state index contributed by atoms with van der Waals surface area (Å²) < 4.78 is 13.7. The highest BCUT2D eigenvalue weighted by Gasteiger charge is 2.59. The molecule has 8 fully saturated rings. The molecule has 0 radical (unpaired) electrons. The van der Waals surface area contributed by atoms with Crippen LogP contribution in [-0.2, 0) is 27.3 Å². The van der Waals surface area contributed by atoms with Gasteiger partial charge >= 0.3 is 5.97 Å². The van der Waals surface area contributed by atoms with E-state index in [1.807, 2.05) is 4.90 Å². The van der Waals surface area contributed by atoms with E-state index in [1.165, 1.54) is 63.9 Å². The zero-order chi connectivity index (χ0) is 47.9. The molecule has 1 amide bonds. The molecule has 6 aliphatic heterocycles. The monoisotopic (exact) mass is 993 g/mol. The number of hydrogen-bond donors (Lipinski definition) is 4. The van der Waals surface area contributed by atoms with Crippen molar-refractivity contribution in [3.63, 3.8) is 0 Å². The fraction of sp³-hybridized carbons (Fsp3) is 0.741. The molecule has 4 spiro atoms. The summed E-state index contributed by atoms with van der Waals surface area (Å²) in [6, 6.07) is 13.0. The van der Waals surface area contributed by atoms with E-state index >= 15 is 0 Å². The molecular formula is C58H80N4O6S2. The number of benzene rings is 2. The molecule has 70 heavy (non-hydrogen) atoms. The first kappa shape index (κ1) is 47.9. The summed E-state index contributed by atoms with van der Waals surface area (Å²) in [5, 5.41) is 28.8. The van der Waals surface area contributed by atoms with E-state index in [0.717, 1.165) is 106 Å². The van der Waals surface area contributed by atoms with Crippen LogP contribution in [-0.4, -0.2) is 74.0 Å². The lowest BCUT2D eigenvalue weighted by Gasteiger charge is -2.46. The predicted molar refractivity (Wildman–Crippen MR) is 279 cm³/mol. The van der Waals surface area contributed by atoms with Crippen LogP contribution in [0.2, 0.25) is 0 Å². The maximum atomic E-state index is 14.8. The summed E-state index contributed by atoms with van der Waals surface area (Å²) in [7, 11) is 4.13. The Bertz CT molecular complexity index is 2330. The summed E-state index contributed by atoms with van der Waals surface area (Å²) in [5.41, 5.74) is 10.3. The fourth-order valence-corrected chi connectivity index (χ4v) is 21.8. The minimum absolute atomic E-state index is 0.127. The Morgan fingerprint density at radius 2 is 1.71 bits per heavy atom. The first-order chi connectivity index (χ1) is 33.9. The normalized spacial score (nSPS) is 40.3. The largest absolute Gasteiger partial charge is 0.504 e. The second-order valence-corrected chi connectivity index (χ2v) is 27.5. The number of amides is 1. The summed E-state index contributed by atoms with van der Waals surface area (Å²) in [6.45, 7) is 3.00. The Hall–Kier alpha value is -3.09. The van der Waals surface area contributed by atoms with Gasteiger partial charge in [0.2, 0.25) is 5.91 Å². The highest BCUT2D eigenvalue weighted by molar-refractivity contribution is 8.77. The Morgan fingerprint density at radius 1 is 0.900 bits per heavy atom.